The molecule has 2 aromatic rings. The first kappa shape index (κ1) is 14.3. The number of nitrogens with zero attached hydrogens (tertiary/aromatic N) is 6. The van der Waals surface area contributed by atoms with Crippen LogP contribution in [0.5, 0.6) is 0 Å². The van der Waals surface area contributed by atoms with E-state index in [4.69, 9.17) is 11.5 Å². The Bertz CT molecular complexity index is 743. The molecular formula is C14H20N8. The highest BCUT2D eigenvalue weighted by Gasteiger charge is 2.18. The predicted molar refractivity (Wildman–Crippen MR) is 87.0 cm³/mol. The number of fused-ring (bicyclic) bond motifs is 1. The maximum absolute atomic E-state index is 5.95. The lowest BCUT2D eigenvalue weighted by atomic mass is 10.2. The van der Waals surface area contributed by atoms with Crippen LogP contribution >= 0.6 is 0 Å². The van der Waals surface area contributed by atoms with Gasteiger partial charge in [0, 0.05) is 19.3 Å². The molecule has 0 atom stereocenters. The van der Waals surface area contributed by atoms with Crippen LogP contribution in [0.3, 0.4) is 0 Å². The highest BCUT2D eigenvalue weighted by Crippen LogP contribution is 2.22. The van der Waals surface area contributed by atoms with E-state index in [-0.39, 0.29) is 5.95 Å². The summed E-state index contributed by atoms with van der Waals surface area (Å²) in [5, 5.41) is 0. The summed E-state index contributed by atoms with van der Waals surface area (Å²) < 4.78 is 2.07. The van der Waals surface area contributed by atoms with E-state index < -0.39 is 0 Å². The van der Waals surface area contributed by atoms with Crippen LogP contribution < -0.4 is 11.5 Å². The molecule has 0 saturated carbocycles. The molecule has 1 aliphatic heterocycles. The summed E-state index contributed by atoms with van der Waals surface area (Å²) in [7, 11) is 0. The number of aromatic nitrogens is 4. The molecule has 3 heterocycles. The van der Waals surface area contributed by atoms with E-state index in [0.717, 1.165) is 18.9 Å². The van der Waals surface area contributed by atoms with Gasteiger partial charge in [-0.3, -0.25) is 0 Å². The summed E-state index contributed by atoms with van der Waals surface area (Å²) >= 11 is 0. The number of nitrogens with two attached hydrogens (primary N) is 2. The second-order valence-corrected chi connectivity index (χ2v) is 5.75. The van der Waals surface area contributed by atoms with Crippen LogP contribution in [0.15, 0.2) is 17.3 Å². The molecule has 0 aromatic carbocycles. The van der Waals surface area contributed by atoms with Crippen LogP contribution in [0.2, 0.25) is 0 Å². The quantitative estimate of drug-likeness (QED) is 0.871. The van der Waals surface area contributed by atoms with E-state index in [0.29, 0.717) is 29.4 Å². The minimum atomic E-state index is 0.170. The van der Waals surface area contributed by atoms with E-state index in [9.17, 15) is 0 Å². The van der Waals surface area contributed by atoms with Crippen molar-refractivity contribution >= 4 is 29.3 Å². The average molecular weight is 300 g/mol. The van der Waals surface area contributed by atoms with Crippen LogP contribution in [0.4, 0.5) is 11.8 Å². The molecule has 0 aliphatic carbocycles. The molecule has 0 fully saturated rings. The van der Waals surface area contributed by atoms with E-state index in [1.807, 2.05) is 12.4 Å². The van der Waals surface area contributed by atoms with Crippen LogP contribution in [0.25, 0.3) is 11.2 Å². The average Bonchev–Trinajstić information content (AvgIpc) is 2.78. The van der Waals surface area contributed by atoms with Gasteiger partial charge in [0.15, 0.2) is 17.0 Å². The molecule has 0 radical (unpaired) electrons. The molecule has 22 heavy (non-hydrogen) atoms. The second kappa shape index (κ2) is 5.63. The third kappa shape index (κ3) is 2.72. The normalized spacial score (nSPS) is 14.4. The molecule has 116 valence electrons. The van der Waals surface area contributed by atoms with E-state index in [1.54, 1.807) is 6.20 Å². The van der Waals surface area contributed by atoms with Gasteiger partial charge in [-0.2, -0.15) is 9.97 Å². The van der Waals surface area contributed by atoms with Crippen LogP contribution in [-0.4, -0.2) is 37.3 Å². The number of hydrogen-bond donors (Lipinski definition) is 2. The first-order valence-electron chi connectivity index (χ1n) is 7.25. The maximum atomic E-state index is 5.95. The molecule has 0 unspecified atom stereocenters. The monoisotopic (exact) mass is 300 g/mol. The number of hydrogen-bond acceptors (Lipinski definition) is 7. The van der Waals surface area contributed by atoms with Crippen molar-refractivity contribution in [2.75, 3.05) is 18.0 Å². The third-order valence-electron chi connectivity index (χ3n) is 3.37. The highest BCUT2D eigenvalue weighted by molar-refractivity contribution is 5.83. The first-order chi connectivity index (χ1) is 10.5. The van der Waals surface area contributed by atoms with Gasteiger partial charge in [0.05, 0.1) is 12.9 Å². The van der Waals surface area contributed by atoms with E-state index in [1.165, 1.54) is 0 Å². The molecular weight excluding hydrogens is 280 g/mol. The van der Waals surface area contributed by atoms with Crippen molar-refractivity contribution in [1.82, 2.24) is 24.4 Å². The van der Waals surface area contributed by atoms with Gasteiger partial charge in [-0.25, -0.2) is 9.98 Å². The summed E-state index contributed by atoms with van der Waals surface area (Å²) in [6, 6.07) is 0. The summed E-state index contributed by atoms with van der Waals surface area (Å²) in [5.74, 6) is 1.82. The first-order valence-corrected chi connectivity index (χ1v) is 7.25. The topological polar surface area (TPSA) is 111 Å². The molecule has 0 amide bonds. The molecule has 0 bridgehead atoms. The summed E-state index contributed by atoms with van der Waals surface area (Å²) in [5.41, 5.74) is 13.0. The molecule has 2 aromatic heterocycles. The fraction of sp³-hybridized carbons (Fsp3) is 0.429. The zero-order valence-corrected chi connectivity index (χ0v) is 12.8. The predicted octanol–water partition coefficient (Wildman–Crippen LogP) is 1.00. The summed E-state index contributed by atoms with van der Waals surface area (Å²) in [6.45, 7) is 6.53. The number of nitrogen functional groups attached to an aromatic ring is 2. The number of rotatable bonds is 4. The Morgan fingerprint density at radius 3 is 2.73 bits per heavy atom. The van der Waals surface area contributed by atoms with Gasteiger partial charge in [-0.1, -0.05) is 13.8 Å². The van der Waals surface area contributed by atoms with Crippen molar-refractivity contribution in [1.29, 1.82) is 0 Å². The van der Waals surface area contributed by atoms with Gasteiger partial charge >= 0.3 is 0 Å². The number of aliphatic imine (C=N–C) groups is 1. The van der Waals surface area contributed by atoms with Crippen molar-refractivity contribution in [3.8, 4) is 0 Å². The molecule has 8 heteroatoms. The van der Waals surface area contributed by atoms with Gasteiger partial charge in [0.2, 0.25) is 5.95 Å². The fourth-order valence-corrected chi connectivity index (χ4v) is 2.47. The minimum Gasteiger partial charge on any atom is -0.382 e. The van der Waals surface area contributed by atoms with Gasteiger partial charge in [0.25, 0.3) is 0 Å². The Morgan fingerprint density at radius 2 is 2.05 bits per heavy atom. The Hall–Kier alpha value is -2.64. The summed E-state index contributed by atoms with van der Waals surface area (Å²) in [4.78, 5) is 19.2. The smallest absolute Gasteiger partial charge is 0.224 e. The molecule has 0 saturated heterocycles. The number of anilines is 2. The van der Waals surface area contributed by atoms with Crippen LogP contribution in [0.1, 0.15) is 19.7 Å². The van der Waals surface area contributed by atoms with Gasteiger partial charge in [-0.15, -0.1) is 0 Å². The third-order valence-corrected chi connectivity index (χ3v) is 3.37. The SMILES string of the molecule is CC(C)Cn1c(CN2C=NC=CC2)nc2c(N)nc(N)nc21. The minimum absolute atomic E-state index is 0.170. The summed E-state index contributed by atoms with van der Waals surface area (Å²) in [6.07, 6.45) is 5.60. The lowest BCUT2D eigenvalue weighted by Crippen LogP contribution is -2.25. The largest absolute Gasteiger partial charge is 0.382 e. The highest BCUT2D eigenvalue weighted by atomic mass is 15.2. The van der Waals surface area contributed by atoms with E-state index >= 15 is 0 Å². The molecule has 4 N–H and O–H groups in total. The Balaban J connectivity index is 2.05. The zero-order valence-electron chi connectivity index (χ0n) is 12.8. The second-order valence-electron chi connectivity index (χ2n) is 5.75. The van der Waals surface area contributed by atoms with Crippen molar-refractivity contribution in [3.63, 3.8) is 0 Å². The van der Waals surface area contributed by atoms with E-state index in [2.05, 4.69) is 43.3 Å². The fourth-order valence-electron chi connectivity index (χ4n) is 2.47. The standard InChI is InChI=1S/C14H20N8/c1-9(2)6-22-10(7-21-5-3-4-17-8-21)18-11-12(15)19-14(16)20-13(11)22/h3-4,8-9H,5-7H2,1-2H3,(H4,15,16,19,20). The van der Waals surface area contributed by atoms with Gasteiger partial charge in [0.1, 0.15) is 5.82 Å². The van der Waals surface area contributed by atoms with Gasteiger partial charge < -0.3 is 20.9 Å². The maximum Gasteiger partial charge on any atom is 0.224 e. The molecule has 3 rings (SSSR count). The van der Waals surface area contributed by atoms with Crippen LogP contribution in [0, 0.1) is 5.92 Å². The van der Waals surface area contributed by atoms with Crippen molar-refractivity contribution in [2.45, 2.75) is 26.9 Å². The zero-order chi connectivity index (χ0) is 15.7. The Kier molecular flexibility index (Phi) is 3.66. The molecule has 0 spiro atoms. The number of imidazole rings is 1. The van der Waals surface area contributed by atoms with Crippen molar-refractivity contribution in [3.05, 3.63) is 18.1 Å². The Labute approximate surface area is 128 Å². The molecule has 8 nitrogen and oxygen atoms in total. The van der Waals surface area contributed by atoms with Crippen molar-refractivity contribution in [2.24, 2.45) is 10.9 Å². The van der Waals surface area contributed by atoms with Gasteiger partial charge in [-0.05, 0) is 12.0 Å². The lowest BCUT2D eigenvalue weighted by Gasteiger charge is -2.20. The van der Waals surface area contributed by atoms with Crippen molar-refractivity contribution < 1.29 is 0 Å². The Morgan fingerprint density at radius 1 is 1.23 bits per heavy atom. The molecule has 1 aliphatic rings. The van der Waals surface area contributed by atoms with Crippen LogP contribution in [-0.2, 0) is 13.1 Å². The lowest BCUT2D eigenvalue weighted by molar-refractivity contribution is 0.424.